The molecule has 19 heavy (non-hydrogen) atoms. The number of hydrogen-bond acceptors (Lipinski definition) is 5. The number of rotatable bonds is 3. The number of nitrogens with zero attached hydrogens (tertiary/aromatic N) is 5. The Labute approximate surface area is 108 Å². The largest absolute Gasteiger partial charge is 0.362 e. The second-order valence-electron chi connectivity index (χ2n) is 3.59. The summed E-state index contributed by atoms with van der Waals surface area (Å²) >= 11 is 0. The molecule has 0 spiro atoms. The van der Waals surface area contributed by atoms with Crippen LogP contribution in [0.3, 0.4) is 0 Å². The van der Waals surface area contributed by atoms with E-state index in [-0.39, 0.29) is 17.4 Å². The first-order chi connectivity index (χ1) is 9.24. The zero-order valence-corrected chi connectivity index (χ0v) is 10.4. The standard InChI is InChI=1S/C10H8N7OP/c11-9-12-7(14-16-9)8-13-10(17-15-8)19(18)6-4-2-1-3-5-6/h1-5,11,18H,(H,13,15,17). The van der Waals surface area contributed by atoms with Crippen molar-refractivity contribution in [3.63, 3.8) is 0 Å². The topological polar surface area (TPSA) is 123 Å². The van der Waals surface area contributed by atoms with Gasteiger partial charge in [-0.2, -0.15) is 10.1 Å². The molecule has 9 heteroatoms. The van der Waals surface area contributed by atoms with E-state index in [2.05, 4.69) is 30.4 Å². The fourth-order valence-corrected chi connectivity index (χ4v) is 2.50. The summed E-state index contributed by atoms with van der Waals surface area (Å²) in [5, 5.41) is 21.7. The SMILES string of the molecule is N=C1N=NC(c2nc(P(O)c3ccccc3)n[nH]2)=N1. The molecule has 94 valence electrons. The lowest BCUT2D eigenvalue weighted by atomic mass is 10.4. The van der Waals surface area contributed by atoms with Crippen molar-refractivity contribution < 1.29 is 4.89 Å². The van der Waals surface area contributed by atoms with Crippen LogP contribution in [-0.2, 0) is 0 Å². The summed E-state index contributed by atoms with van der Waals surface area (Å²) in [6.45, 7) is 0. The molecular weight excluding hydrogens is 265 g/mol. The minimum atomic E-state index is -1.61. The first-order valence-electron chi connectivity index (χ1n) is 5.30. The first kappa shape index (κ1) is 11.8. The number of aliphatic imine (C=N–C) groups is 1. The van der Waals surface area contributed by atoms with Crippen molar-refractivity contribution in [1.29, 1.82) is 5.41 Å². The van der Waals surface area contributed by atoms with Gasteiger partial charge in [-0.1, -0.05) is 30.3 Å². The van der Waals surface area contributed by atoms with Gasteiger partial charge in [0, 0.05) is 5.30 Å². The highest BCUT2D eigenvalue weighted by molar-refractivity contribution is 7.67. The number of guanidine groups is 1. The second-order valence-corrected chi connectivity index (χ2v) is 5.13. The Bertz CT molecular complexity index is 678. The Morgan fingerprint density at radius 2 is 1.95 bits per heavy atom. The molecule has 1 atom stereocenters. The number of benzene rings is 1. The highest BCUT2D eigenvalue weighted by atomic mass is 31.1. The van der Waals surface area contributed by atoms with Crippen LogP contribution in [0, 0.1) is 5.41 Å². The van der Waals surface area contributed by atoms with Gasteiger partial charge in [0.1, 0.15) is 8.15 Å². The Hall–Kier alpha value is -2.31. The molecule has 1 aliphatic heterocycles. The lowest BCUT2D eigenvalue weighted by molar-refractivity contribution is 0.642. The molecule has 1 unspecified atom stereocenters. The normalized spacial score (nSPS) is 15.6. The summed E-state index contributed by atoms with van der Waals surface area (Å²) < 4.78 is 0. The third kappa shape index (κ3) is 2.31. The summed E-state index contributed by atoms with van der Waals surface area (Å²) in [5.41, 5.74) is 0.285. The Morgan fingerprint density at radius 1 is 1.16 bits per heavy atom. The Kier molecular flexibility index (Phi) is 2.94. The molecule has 3 rings (SSSR count). The van der Waals surface area contributed by atoms with Crippen LogP contribution >= 0.6 is 8.15 Å². The quantitative estimate of drug-likeness (QED) is 0.696. The predicted molar refractivity (Wildman–Crippen MR) is 70.4 cm³/mol. The van der Waals surface area contributed by atoms with E-state index in [9.17, 15) is 4.89 Å². The van der Waals surface area contributed by atoms with Crippen LogP contribution in [0.15, 0.2) is 45.6 Å². The van der Waals surface area contributed by atoms with Crippen molar-refractivity contribution in [2.45, 2.75) is 0 Å². The molecule has 0 fully saturated rings. The molecule has 1 aromatic heterocycles. The maximum Gasteiger partial charge on any atom is 0.263 e. The Balaban J connectivity index is 1.88. The number of amidine groups is 1. The number of hydrogen-bond donors (Lipinski definition) is 3. The number of aromatic nitrogens is 3. The highest BCUT2D eigenvalue weighted by Crippen LogP contribution is 2.25. The summed E-state index contributed by atoms with van der Waals surface area (Å²) in [5.74, 6) is 0.306. The van der Waals surface area contributed by atoms with Gasteiger partial charge in [0.25, 0.3) is 5.96 Å². The predicted octanol–water partition coefficient (Wildman–Crippen LogP) is 0.292. The molecular formula is C10H8N7OP. The van der Waals surface area contributed by atoms with E-state index in [0.717, 1.165) is 5.30 Å². The molecule has 1 aliphatic rings. The first-order valence-corrected chi connectivity index (χ1v) is 6.59. The van der Waals surface area contributed by atoms with Gasteiger partial charge in [-0.3, -0.25) is 10.5 Å². The van der Waals surface area contributed by atoms with Crippen LogP contribution in [0.2, 0.25) is 0 Å². The van der Waals surface area contributed by atoms with E-state index < -0.39 is 8.15 Å². The van der Waals surface area contributed by atoms with Crippen molar-refractivity contribution in [3.8, 4) is 0 Å². The lowest BCUT2D eigenvalue weighted by Gasteiger charge is -2.04. The summed E-state index contributed by atoms with van der Waals surface area (Å²) in [6, 6.07) is 9.17. The van der Waals surface area contributed by atoms with Gasteiger partial charge >= 0.3 is 0 Å². The fourth-order valence-electron chi connectivity index (χ4n) is 1.47. The summed E-state index contributed by atoms with van der Waals surface area (Å²) in [7, 11) is -1.61. The molecule has 2 heterocycles. The second kappa shape index (κ2) is 4.75. The van der Waals surface area contributed by atoms with Crippen LogP contribution < -0.4 is 10.9 Å². The van der Waals surface area contributed by atoms with Gasteiger partial charge in [0.15, 0.2) is 5.82 Å². The van der Waals surface area contributed by atoms with Crippen LogP contribution in [0.5, 0.6) is 0 Å². The van der Waals surface area contributed by atoms with E-state index in [1.54, 1.807) is 0 Å². The highest BCUT2D eigenvalue weighted by Gasteiger charge is 2.20. The van der Waals surface area contributed by atoms with E-state index in [1.165, 1.54) is 0 Å². The van der Waals surface area contributed by atoms with Gasteiger partial charge < -0.3 is 4.89 Å². The van der Waals surface area contributed by atoms with Crippen LogP contribution in [-0.4, -0.2) is 31.9 Å². The Morgan fingerprint density at radius 3 is 2.63 bits per heavy atom. The number of H-pyrrole nitrogens is 1. The molecule has 0 aliphatic carbocycles. The zero-order valence-electron chi connectivity index (χ0n) is 9.52. The number of nitrogens with one attached hydrogen (secondary N) is 2. The average molecular weight is 273 g/mol. The fraction of sp³-hybridized carbons (Fsp3) is 0. The van der Waals surface area contributed by atoms with Crippen molar-refractivity contribution in [2.24, 2.45) is 15.2 Å². The minimum absolute atomic E-state index is 0.178. The van der Waals surface area contributed by atoms with Crippen molar-refractivity contribution >= 4 is 30.8 Å². The molecule has 0 saturated carbocycles. The van der Waals surface area contributed by atoms with Gasteiger partial charge in [0.2, 0.25) is 11.4 Å². The third-order valence-corrected chi connectivity index (χ3v) is 3.69. The molecule has 0 radical (unpaired) electrons. The molecule has 2 aromatic rings. The van der Waals surface area contributed by atoms with E-state index in [0.29, 0.717) is 5.82 Å². The van der Waals surface area contributed by atoms with Crippen molar-refractivity contribution in [1.82, 2.24) is 15.2 Å². The van der Waals surface area contributed by atoms with E-state index in [4.69, 9.17) is 5.41 Å². The number of azo groups is 1. The maximum atomic E-state index is 10.2. The molecule has 0 bridgehead atoms. The minimum Gasteiger partial charge on any atom is -0.362 e. The van der Waals surface area contributed by atoms with Crippen LogP contribution in [0.4, 0.5) is 0 Å². The molecule has 8 nitrogen and oxygen atoms in total. The van der Waals surface area contributed by atoms with Gasteiger partial charge in [-0.05, 0) is 0 Å². The number of aromatic amines is 1. The molecule has 3 N–H and O–H groups in total. The maximum absolute atomic E-state index is 10.2. The van der Waals surface area contributed by atoms with Crippen LogP contribution in [0.1, 0.15) is 5.82 Å². The van der Waals surface area contributed by atoms with Crippen LogP contribution in [0.25, 0.3) is 0 Å². The summed E-state index contributed by atoms with van der Waals surface area (Å²) in [6.07, 6.45) is 0. The van der Waals surface area contributed by atoms with Crippen molar-refractivity contribution in [2.75, 3.05) is 0 Å². The van der Waals surface area contributed by atoms with Gasteiger partial charge in [-0.25, -0.2) is 4.98 Å². The average Bonchev–Trinajstić information content (AvgIpc) is 3.07. The summed E-state index contributed by atoms with van der Waals surface area (Å²) in [4.78, 5) is 18.1. The molecule has 0 amide bonds. The van der Waals surface area contributed by atoms with E-state index in [1.807, 2.05) is 30.3 Å². The van der Waals surface area contributed by atoms with Crippen molar-refractivity contribution in [3.05, 3.63) is 36.2 Å². The van der Waals surface area contributed by atoms with Gasteiger partial charge in [0.05, 0.1) is 0 Å². The zero-order chi connectivity index (χ0) is 13.2. The third-order valence-electron chi connectivity index (χ3n) is 2.33. The smallest absolute Gasteiger partial charge is 0.263 e. The van der Waals surface area contributed by atoms with E-state index >= 15 is 0 Å². The van der Waals surface area contributed by atoms with Gasteiger partial charge in [-0.15, -0.1) is 10.2 Å². The lowest BCUT2D eigenvalue weighted by Crippen LogP contribution is -2.14. The monoisotopic (exact) mass is 273 g/mol. The molecule has 0 saturated heterocycles. The molecule has 1 aromatic carbocycles.